The van der Waals surface area contributed by atoms with Crippen LogP contribution in [-0.2, 0) is 30.4 Å². The summed E-state index contributed by atoms with van der Waals surface area (Å²) in [6, 6.07) is 8.73. The van der Waals surface area contributed by atoms with Crippen LogP contribution in [0.5, 0.6) is 0 Å². The fourth-order valence-electron chi connectivity index (χ4n) is 4.68. The molecule has 0 aliphatic carbocycles. The summed E-state index contributed by atoms with van der Waals surface area (Å²) in [6.07, 6.45) is 0.409. The third-order valence-corrected chi connectivity index (χ3v) is 6.45. The average Bonchev–Trinajstić information content (AvgIpc) is 3.29. The topological polar surface area (TPSA) is 127 Å². The first-order valence-electron chi connectivity index (χ1n) is 13.9. The first kappa shape index (κ1) is 31.2. The molecule has 2 saturated heterocycles. The van der Waals surface area contributed by atoms with E-state index in [4.69, 9.17) is 14.2 Å². The molecular weight excluding hydrogens is 516 g/mol. The number of benzene rings is 1. The molecule has 4 amide bonds. The molecule has 0 radical (unpaired) electrons. The van der Waals surface area contributed by atoms with Crippen molar-refractivity contribution in [1.82, 2.24) is 20.4 Å². The zero-order valence-corrected chi connectivity index (χ0v) is 24.5. The molecule has 2 aliphatic heterocycles. The van der Waals surface area contributed by atoms with Gasteiger partial charge in [-0.15, -0.1) is 0 Å². The summed E-state index contributed by atoms with van der Waals surface area (Å²) in [5.74, 6) is -0.611. The third kappa shape index (κ3) is 10.0. The highest BCUT2D eigenvalue weighted by Crippen LogP contribution is 2.25. The third-order valence-electron chi connectivity index (χ3n) is 6.45. The summed E-state index contributed by atoms with van der Waals surface area (Å²) < 4.78 is 16.8. The highest BCUT2D eigenvalue weighted by atomic mass is 16.6. The van der Waals surface area contributed by atoms with Gasteiger partial charge in [0.2, 0.25) is 11.8 Å². The fraction of sp³-hybridized carbons (Fsp3) is 0.655. The molecule has 0 saturated carbocycles. The van der Waals surface area contributed by atoms with Gasteiger partial charge >= 0.3 is 12.2 Å². The van der Waals surface area contributed by atoms with Crippen molar-refractivity contribution in [2.24, 2.45) is 0 Å². The van der Waals surface area contributed by atoms with Gasteiger partial charge in [0.25, 0.3) is 0 Å². The number of nitrogens with zero attached hydrogens (tertiary/aromatic N) is 2. The molecule has 1 aromatic carbocycles. The van der Waals surface area contributed by atoms with Crippen LogP contribution in [0.3, 0.4) is 0 Å². The number of likely N-dealkylation sites (tertiary alicyclic amines) is 2. The van der Waals surface area contributed by atoms with Crippen LogP contribution in [0.4, 0.5) is 9.59 Å². The molecule has 11 heteroatoms. The highest BCUT2D eigenvalue weighted by Gasteiger charge is 2.44. The molecule has 11 nitrogen and oxygen atoms in total. The number of nitrogens with one attached hydrogen (secondary N) is 2. The van der Waals surface area contributed by atoms with Crippen LogP contribution in [0.1, 0.15) is 66.4 Å². The lowest BCUT2D eigenvalue weighted by atomic mass is 10.0. The quantitative estimate of drug-likeness (QED) is 0.524. The molecule has 0 bridgehead atoms. The number of rotatable bonds is 7. The number of piperidine rings is 1. The van der Waals surface area contributed by atoms with Gasteiger partial charge in [0.15, 0.2) is 0 Å². The van der Waals surface area contributed by atoms with Crippen molar-refractivity contribution < 1.29 is 33.4 Å². The molecule has 3 rings (SSSR count). The van der Waals surface area contributed by atoms with Gasteiger partial charge in [-0.05, 0) is 66.4 Å². The molecule has 222 valence electrons. The molecule has 0 unspecified atom stereocenters. The lowest BCUT2D eigenvalue weighted by Gasteiger charge is -2.35. The van der Waals surface area contributed by atoms with Crippen LogP contribution in [0.2, 0.25) is 0 Å². The standard InChI is InChI=1S/C29H44N4O7/c1-28(2,3)39-26(36)30-17-24(34)31-21-16-23(33(18-21)27(37)40-29(4,5)6)25(35)32-14-12-22(13-15-32)38-19-20-10-8-7-9-11-20/h7-11,21-23H,12-19H2,1-6H3,(H,30,36)(H,31,34)/t21-,23+/m1/s1. The van der Waals surface area contributed by atoms with Gasteiger partial charge in [-0.25, -0.2) is 9.59 Å². The summed E-state index contributed by atoms with van der Waals surface area (Å²) in [4.78, 5) is 54.2. The molecule has 0 aromatic heterocycles. The Labute approximate surface area is 236 Å². The molecule has 2 heterocycles. The zero-order valence-electron chi connectivity index (χ0n) is 24.5. The fourth-order valence-corrected chi connectivity index (χ4v) is 4.68. The predicted octanol–water partition coefficient (Wildman–Crippen LogP) is 3.21. The first-order chi connectivity index (χ1) is 18.7. The van der Waals surface area contributed by atoms with Gasteiger partial charge in [0.05, 0.1) is 12.7 Å². The number of carbonyl (C=O) groups excluding carboxylic acids is 4. The van der Waals surface area contributed by atoms with Crippen molar-refractivity contribution in [2.75, 3.05) is 26.2 Å². The number of amides is 4. The minimum Gasteiger partial charge on any atom is -0.444 e. The van der Waals surface area contributed by atoms with Crippen molar-refractivity contribution in [3.05, 3.63) is 35.9 Å². The Hall–Kier alpha value is -3.34. The van der Waals surface area contributed by atoms with Crippen LogP contribution < -0.4 is 10.6 Å². The van der Waals surface area contributed by atoms with E-state index < -0.39 is 41.4 Å². The normalized spacial score (nSPS) is 20.1. The van der Waals surface area contributed by atoms with Crippen molar-refractivity contribution in [2.45, 2.75) is 96.8 Å². The smallest absolute Gasteiger partial charge is 0.411 e. The summed E-state index contributed by atoms with van der Waals surface area (Å²) in [7, 11) is 0. The number of ether oxygens (including phenoxy) is 3. The largest absolute Gasteiger partial charge is 0.444 e. The van der Waals surface area contributed by atoms with Crippen molar-refractivity contribution >= 4 is 24.0 Å². The molecule has 40 heavy (non-hydrogen) atoms. The molecular formula is C29H44N4O7. The molecule has 1 aromatic rings. The van der Waals surface area contributed by atoms with Gasteiger partial charge in [0.1, 0.15) is 23.8 Å². The van der Waals surface area contributed by atoms with E-state index in [-0.39, 0.29) is 31.5 Å². The molecule has 2 aliphatic rings. The lowest BCUT2D eigenvalue weighted by Crippen LogP contribution is -2.51. The zero-order chi connectivity index (χ0) is 29.5. The number of hydrogen-bond acceptors (Lipinski definition) is 7. The Morgan fingerprint density at radius 1 is 0.925 bits per heavy atom. The minimum atomic E-state index is -0.763. The molecule has 2 fully saturated rings. The van der Waals surface area contributed by atoms with Gasteiger partial charge in [-0.3, -0.25) is 14.5 Å². The van der Waals surface area contributed by atoms with E-state index in [2.05, 4.69) is 10.6 Å². The molecule has 0 spiro atoms. The Morgan fingerprint density at radius 2 is 1.55 bits per heavy atom. The maximum Gasteiger partial charge on any atom is 0.411 e. The number of hydrogen-bond donors (Lipinski definition) is 2. The second-order valence-electron chi connectivity index (χ2n) is 12.3. The maximum atomic E-state index is 13.6. The van der Waals surface area contributed by atoms with Gasteiger partial charge in [-0.1, -0.05) is 30.3 Å². The van der Waals surface area contributed by atoms with Crippen molar-refractivity contribution in [3.8, 4) is 0 Å². The first-order valence-corrected chi connectivity index (χ1v) is 13.9. The summed E-state index contributed by atoms with van der Waals surface area (Å²) in [6.45, 7) is 11.9. The van der Waals surface area contributed by atoms with E-state index in [0.717, 1.165) is 5.56 Å². The Balaban J connectivity index is 1.56. The maximum absolute atomic E-state index is 13.6. The van der Waals surface area contributed by atoms with Crippen LogP contribution >= 0.6 is 0 Å². The van der Waals surface area contributed by atoms with Gasteiger partial charge in [0, 0.05) is 25.7 Å². The van der Waals surface area contributed by atoms with E-state index in [1.165, 1.54) is 4.90 Å². The highest BCUT2D eigenvalue weighted by molar-refractivity contribution is 5.87. The van der Waals surface area contributed by atoms with Crippen LogP contribution in [0.25, 0.3) is 0 Å². The average molecular weight is 561 g/mol. The predicted molar refractivity (Wildman–Crippen MR) is 148 cm³/mol. The van der Waals surface area contributed by atoms with Crippen LogP contribution in [-0.4, -0.2) is 89.4 Å². The monoisotopic (exact) mass is 560 g/mol. The Bertz CT molecular complexity index is 1030. The Morgan fingerprint density at radius 3 is 2.15 bits per heavy atom. The van der Waals surface area contributed by atoms with E-state index in [1.54, 1.807) is 46.4 Å². The summed E-state index contributed by atoms with van der Waals surface area (Å²) in [5, 5.41) is 5.25. The van der Waals surface area contributed by atoms with E-state index in [0.29, 0.717) is 32.5 Å². The molecule has 2 N–H and O–H groups in total. The van der Waals surface area contributed by atoms with E-state index in [1.807, 2.05) is 30.3 Å². The summed E-state index contributed by atoms with van der Waals surface area (Å²) in [5.41, 5.74) is -0.317. The number of carbonyl (C=O) groups is 4. The second-order valence-corrected chi connectivity index (χ2v) is 12.3. The lowest BCUT2D eigenvalue weighted by molar-refractivity contribution is -0.138. The van der Waals surface area contributed by atoms with Crippen molar-refractivity contribution in [3.63, 3.8) is 0 Å². The Kier molecular flexibility index (Phi) is 10.4. The van der Waals surface area contributed by atoms with E-state index in [9.17, 15) is 19.2 Å². The van der Waals surface area contributed by atoms with E-state index >= 15 is 0 Å². The SMILES string of the molecule is CC(C)(C)OC(=O)NCC(=O)N[C@@H]1C[C@@H](C(=O)N2CCC(OCc3ccccc3)CC2)N(C(=O)OC(C)(C)C)C1. The van der Waals surface area contributed by atoms with Crippen LogP contribution in [0.15, 0.2) is 30.3 Å². The van der Waals surface area contributed by atoms with Gasteiger partial charge < -0.3 is 29.7 Å². The minimum absolute atomic E-state index is 0.0549. The van der Waals surface area contributed by atoms with Gasteiger partial charge in [-0.2, -0.15) is 0 Å². The second kappa shape index (κ2) is 13.3. The number of alkyl carbamates (subject to hydrolysis) is 1. The van der Waals surface area contributed by atoms with Crippen molar-refractivity contribution in [1.29, 1.82) is 0 Å². The summed E-state index contributed by atoms with van der Waals surface area (Å²) >= 11 is 0. The van der Waals surface area contributed by atoms with Crippen LogP contribution in [0, 0.1) is 0 Å². The molecule has 2 atom stereocenters.